The third kappa shape index (κ3) is 3.66. The molecule has 0 spiro atoms. The van der Waals surface area contributed by atoms with Gasteiger partial charge in [-0.15, -0.1) is 0 Å². The van der Waals surface area contributed by atoms with Crippen LogP contribution in [0.25, 0.3) is 0 Å². The summed E-state index contributed by atoms with van der Waals surface area (Å²) in [6.45, 7) is 0.407. The summed E-state index contributed by atoms with van der Waals surface area (Å²) in [6.07, 6.45) is 1.32. The van der Waals surface area contributed by atoms with Gasteiger partial charge < -0.3 is 15.2 Å². The van der Waals surface area contributed by atoms with E-state index < -0.39 is 11.8 Å². The van der Waals surface area contributed by atoms with Crippen LogP contribution in [0.4, 0.5) is 0 Å². The number of hydrazone groups is 1. The predicted octanol–water partition coefficient (Wildman–Crippen LogP) is 1.38. The molecule has 2 atom stereocenters. The van der Waals surface area contributed by atoms with Crippen molar-refractivity contribution >= 4 is 18.0 Å². The molecule has 7 nitrogen and oxygen atoms in total. The van der Waals surface area contributed by atoms with Crippen molar-refractivity contribution in [1.29, 1.82) is 0 Å². The van der Waals surface area contributed by atoms with Crippen molar-refractivity contribution in [2.24, 2.45) is 11.0 Å². The first-order chi connectivity index (χ1) is 12.6. The minimum absolute atomic E-state index is 0.0249. The molecule has 2 unspecified atom stereocenters. The molecular weight excluding hydrogens is 334 g/mol. The first-order valence-electron chi connectivity index (χ1n) is 8.12. The molecule has 1 fully saturated rings. The molecule has 2 amide bonds. The average molecular weight is 353 g/mol. The molecule has 1 heterocycles. The molecular formula is C19H19N3O4. The summed E-state index contributed by atoms with van der Waals surface area (Å²) in [7, 11) is 1.50. The van der Waals surface area contributed by atoms with E-state index in [1.165, 1.54) is 19.4 Å². The van der Waals surface area contributed by atoms with Gasteiger partial charge in [-0.2, -0.15) is 5.10 Å². The normalized spacial score (nSPS) is 19.3. The lowest BCUT2D eigenvalue weighted by Crippen LogP contribution is -2.34. The first kappa shape index (κ1) is 17.5. The van der Waals surface area contributed by atoms with Crippen LogP contribution in [-0.2, 0) is 9.59 Å². The summed E-state index contributed by atoms with van der Waals surface area (Å²) in [5, 5.41) is 16.5. The van der Waals surface area contributed by atoms with Gasteiger partial charge in [0.15, 0.2) is 0 Å². The van der Waals surface area contributed by atoms with Gasteiger partial charge in [0.05, 0.1) is 13.3 Å². The van der Waals surface area contributed by atoms with Crippen LogP contribution in [0.5, 0.6) is 11.5 Å². The largest absolute Gasteiger partial charge is 0.507 e. The van der Waals surface area contributed by atoms with Gasteiger partial charge in [-0.05, 0) is 17.7 Å². The van der Waals surface area contributed by atoms with Gasteiger partial charge in [0.2, 0.25) is 5.91 Å². The Morgan fingerprint density at radius 3 is 2.77 bits per heavy atom. The standard InChI is InChI=1S/C19H19N3O4/c1-26-14-8-7-13(16(23)9-14)10-21-22-19(25)17-15(11-20-18(17)24)12-5-3-2-4-6-12/h2-10,15,17,23H,11H2,1H3,(H,20,24)(H,22,25). The predicted molar refractivity (Wildman–Crippen MR) is 96.1 cm³/mol. The maximum Gasteiger partial charge on any atom is 0.253 e. The van der Waals surface area contributed by atoms with Crippen LogP contribution in [-0.4, -0.2) is 36.8 Å². The number of carbonyl (C=O) groups excluding carboxylic acids is 2. The van der Waals surface area contributed by atoms with Crippen LogP contribution in [0.3, 0.4) is 0 Å². The summed E-state index contributed by atoms with van der Waals surface area (Å²) >= 11 is 0. The van der Waals surface area contributed by atoms with Crippen molar-refractivity contribution in [3.05, 3.63) is 59.7 Å². The van der Waals surface area contributed by atoms with E-state index in [1.807, 2.05) is 30.3 Å². The molecule has 3 N–H and O–H groups in total. The van der Waals surface area contributed by atoms with Crippen molar-refractivity contribution in [1.82, 2.24) is 10.7 Å². The molecule has 1 aliphatic heterocycles. The lowest BCUT2D eigenvalue weighted by molar-refractivity contribution is -0.133. The van der Waals surface area contributed by atoms with Crippen LogP contribution in [0.15, 0.2) is 53.6 Å². The maximum atomic E-state index is 12.4. The number of nitrogens with zero attached hydrogens (tertiary/aromatic N) is 1. The SMILES string of the molecule is COc1ccc(C=NNC(=O)C2C(=O)NCC2c2ccccc2)c(O)c1. The number of aromatic hydroxyl groups is 1. The quantitative estimate of drug-likeness (QED) is 0.429. The Balaban J connectivity index is 1.69. The van der Waals surface area contributed by atoms with Gasteiger partial charge in [0.1, 0.15) is 17.4 Å². The summed E-state index contributed by atoms with van der Waals surface area (Å²) in [5.74, 6) is -1.41. The lowest BCUT2D eigenvalue weighted by Gasteiger charge is -2.15. The number of hydrogen-bond acceptors (Lipinski definition) is 5. The van der Waals surface area contributed by atoms with E-state index in [9.17, 15) is 14.7 Å². The molecule has 2 aromatic rings. The minimum atomic E-state index is -0.848. The van der Waals surface area contributed by atoms with Crippen molar-refractivity contribution in [2.45, 2.75) is 5.92 Å². The number of methoxy groups -OCH3 is 1. The van der Waals surface area contributed by atoms with Gasteiger partial charge in [-0.25, -0.2) is 5.43 Å². The third-order valence-corrected chi connectivity index (χ3v) is 4.31. The highest BCUT2D eigenvalue weighted by molar-refractivity contribution is 6.03. The zero-order chi connectivity index (χ0) is 18.5. The number of rotatable bonds is 5. The Morgan fingerprint density at radius 2 is 2.08 bits per heavy atom. The molecule has 0 radical (unpaired) electrons. The number of phenolic OH excluding ortho intramolecular Hbond substituents is 1. The lowest BCUT2D eigenvalue weighted by atomic mass is 9.88. The van der Waals surface area contributed by atoms with Gasteiger partial charge in [0.25, 0.3) is 5.91 Å². The second-order valence-corrected chi connectivity index (χ2v) is 5.90. The average Bonchev–Trinajstić information content (AvgIpc) is 3.05. The van der Waals surface area contributed by atoms with E-state index in [-0.39, 0.29) is 17.6 Å². The molecule has 3 rings (SSSR count). The van der Waals surface area contributed by atoms with E-state index in [0.29, 0.717) is 17.9 Å². The summed E-state index contributed by atoms with van der Waals surface area (Å²) in [5.41, 5.74) is 3.72. The Hall–Kier alpha value is -3.35. The third-order valence-electron chi connectivity index (χ3n) is 4.31. The fourth-order valence-corrected chi connectivity index (χ4v) is 2.93. The van der Waals surface area contributed by atoms with Crippen molar-refractivity contribution in [3.63, 3.8) is 0 Å². The summed E-state index contributed by atoms with van der Waals surface area (Å²) in [4.78, 5) is 24.5. The van der Waals surface area contributed by atoms with Crippen LogP contribution >= 0.6 is 0 Å². The zero-order valence-corrected chi connectivity index (χ0v) is 14.2. The molecule has 26 heavy (non-hydrogen) atoms. The Kier molecular flexibility index (Phi) is 5.17. The molecule has 1 aliphatic rings. The smallest absolute Gasteiger partial charge is 0.253 e. The molecule has 134 valence electrons. The fourth-order valence-electron chi connectivity index (χ4n) is 2.93. The Labute approximate surface area is 150 Å². The van der Waals surface area contributed by atoms with Crippen LogP contribution < -0.4 is 15.5 Å². The van der Waals surface area contributed by atoms with E-state index in [0.717, 1.165) is 5.56 Å². The highest BCUT2D eigenvalue weighted by Gasteiger charge is 2.40. The molecule has 0 aliphatic carbocycles. The van der Waals surface area contributed by atoms with Gasteiger partial charge in [0, 0.05) is 24.1 Å². The monoisotopic (exact) mass is 353 g/mol. The Bertz CT molecular complexity index is 836. The molecule has 0 aromatic heterocycles. The molecule has 2 aromatic carbocycles. The molecule has 0 bridgehead atoms. The van der Waals surface area contributed by atoms with E-state index in [2.05, 4.69) is 15.8 Å². The van der Waals surface area contributed by atoms with Crippen molar-refractivity contribution < 1.29 is 19.4 Å². The fraction of sp³-hybridized carbons (Fsp3) is 0.211. The first-order valence-corrected chi connectivity index (χ1v) is 8.12. The van der Waals surface area contributed by atoms with Crippen LogP contribution in [0, 0.1) is 5.92 Å². The van der Waals surface area contributed by atoms with E-state index in [4.69, 9.17) is 4.74 Å². The van der Waals surface area contributed by atoms with Crippen LogP contribution in [0.2, 0.25) is 0 Å². The summed E-state index contributed by atoms with van der Waals surface area (Å²) in [6, 6.07) is 14.1. The number of nitrogens with one attached hydrogen (secondary N) is 2. The topological polar surface area (TPSA) is 100 Å². The Morgan fingerprint density at radius 1 is 1.31 bits per heavy atom. The van der Waals surface area contributed by atoms with Crippen molar-refractivity contribution in [2.75, 3.05) is 13.7 Å². The second kappa shape index (κ2) is 7.69. The zero-order valence-electron chi connectivity index (χ0n) is 14.2. The number of benzene rings is 2. The van der Waals surface area contributed by atoms with Gasteiger partial charge in [-0.1, -0.05) is 30.3 Å². The van der Waals surface area contributed by atoms with Crippen molar-refractivity contribution in [3.8, 4) is 11.5 Å². The number of ether oxygens (including phenoxy) is 1. The number of carbonyl (C=O) groups is 2. The molecule has 1 saturated heterocycles. The second-order valence-electron chi connectivity index (χ2n) is 5.90. The summed E-state index contributed by atoms with van der Waals surface area (Å²) < 4.78 is 5.01. The highest BCUT2D eigenvalue weighted by atomic mass is 16.5. The van der Waals surface area contributed by atoms with E-state index in [1.54, 1.807) is 12.1 Å². The highest BCUT2D eigenvalue weighted by Crippen LogP contribution is 2.29. The van der Waals surface area contributed by atoms with Gasteiger partial charge >= 0.3 is 0 Å². The van der Waals surface area contributed by atoms with E-state index >= 15 is 0 Å². The minimum Gasteiger partial charge on any atom is -0.507 e. The van der Waals surface area contributed by atoms with Gasteiger partial charge in [-0.3, -0.25) is 9.59 Å². The number of phenols is 1. The molecule has 7 heteroatoms. The maximum absolute atomic E-state index is 12.4. The number of hydrogen-bond donors (Lipinski definition) is 3. The van der Waals surface area contributed by atoms with Crippen LogP contribution in [0.1, 0.15) is 17.0 Å². The molecule has 0 saturated carbocycles. The number of amides is 2.